The van der Waals surface area contributed by atoms with Crippen LogP contribution < -0.4 is 0 Å². The van der Waals surface area contributed by atoms with Crippen molar-refractivity contribution in [1.29, 1.82) is 0 Å². The first-order valence-electron chi connectivity index (χ1n) is 4.59. The van der Waals surface area contributed by atoms with E-state index < -0.39 is 11.6 Å². The van der Waals surface area contributed by atoms with Crippen LogP contribution >= 0.6 is 11.6 Å². The predicted molar refractivity (Wildman–Crippen MR) is 56.1 cm³/mol. The van der Waals surface area contributed by atoms with Gasteiger partial charge in [-0.25, -0.2) is 8.78 Å². The van der Waals surface area contributed by atoms with E-state index in [1.807, 2.05) is 0 Å². The summed E-state index contributed by atoms with van der Waals surface area (Å²) in [4.78, 5) is 0. The van der Waals surface area contributed by atoms with Gasteiger partial charge in [-0.2, -0.15) is 0 Å². The van der Waals surface area contributed by atoms with Gasteiger partial charge in [0, 0.05) is 6.07 Å². The molecule has 16 heavy (non-hydrogen) atoms. The fourth-order valence-corrected chi connectivity index (χ4v) is 1.46. The molecule has 1 aromatic carbocycles. The lowest BCUT2D eigenvalue weighted by Gasteiger charge is -2.01. The monoisotopic (exact) mass is 243 g/mol. The third-order valence-electron chi connectivity index (χ3n) is 2.21. The Kier molecular flexibility index (Phi) is 2.92. The second-order valence-electron chi connectivity index (χ2n) is 3.40. The summed E-state index contributed by atoms with van der Waals surface area (Å²) in [6.07, 6.45) is 0. The zero-order chi connectivity index (χ0) is 11.7. The summed E-state index contributed by atoms with van der Waals surface area (Å²) in [6.45, 7) is 1.49. The highest BCUT2D eigenvalue weighted by atomic mass is 35.5. The molecule has 0 aliphatic carbocycles. The van der Waals surface area contributed by atoms with Crippen LogP contribution in [0.3, 0.4) is 0 Å². The summed E-state index contributed by atoms with van der Waals surface area (Å²) in [5, 5.41) is 3.61. The predicted octanol–water partition coefficient (Wildman–Crippen LogP) is 3.67. The summed E-state index contributed by atoms with van der Waals surface area (Å²) in [5.74, 6) is -0.692. The minimum Gasteiger partial charge on any atom is -0.356 e. The van der Waals surface area contributed by atoms with E-state index in [9.17, 15) is 8.78 Å². The molecule has 0 N–H and O–H groups in total. The first-order chi connectivity index (χ1) is 7.61. The number of benzene rings is 1. The molecule has 0 bridgehead atoms. The molecule has 0 aliphatic heterocycles. The minimum absolute atomic E-state index is 0.0481. The molecule has 1 heterocycles. The Bertz CT molecular complexity index is 525. The van der Waals surface area contributed by atoms with Gasteiger partial charge in [0.2, 0.25) is 0 Å². The molecule has 2 aromatic rings. The van der Waals surface area contributed by atoms with Gasteiger partial charge >= 0.3 is 0 Å². The Hall–Kier alpha value is -1.42. The van der Waals surface area contributed by atoms with Crippen molar-refractivity contribution in [3.8, 4) is 11.3 Å². The fourth-order valence-electron chi connectivity index (χ4n) is 1.34. The number of nitrogens with zero attached hydrogens (tertiary/aromatic N) is 1. The average molecular weight is 244 g/mol. The summed E-state index contributed by atoms with van der Waals surface area (Å²) in [7, 11) is 0. The molecule has 0 saturated heterocycles. The molecule has 5 heteroatoms. The smallest absolute Gasteiger partial charge is 0.170 e. The maximum Gasteiger partial charge on any atom is 0.170 e. The standard InChI is InChI=1S/C11H8ClF2NO/c1-6-2-10(14)8(4-9(6)13)11-3-7(5-12)15-16-11/h2-4H,5H2,1H3. The van der Waals surface area contributed by atoms with E-state index in [4.69, 9.17) is 16.1 Å². The van der Waals surface area contributed by atoms with Crippen molar-refractivity contribution in [3.05, 3.63) is 41.1 Å². The van der Waals surface area contributed by atoms with E-state index in [1.54, 1.807) is 0 Å². The van der Waals surface area contributed by atoms with Crippen molar-refractivity contribution in [3.63, 3.8) is 0 Å². The third-order valence-corrected chi connectivity index (χ3v) is 2.48. The molecule has 0 unspecified atom stereocenters. The number of halogens is 3. The molecular formula is C11H8ClF2NO. The molecule has 2 rings (SSSR count). The quantitative estimate of drug-likeness (QED) is 0.753. The van der Waals surface area contributed by atoms with Crippen LogP contribution in [0.25, 0.3) is 11.3 Å². The molecular weight excluding hydrogens is 236 g/mol. The van der Waals surface area contributed by atoms with E-state index in [1.165, 1.54) is 13.0 Å². The van der Waals surface area contributed by atoms with Gasteiger partial charge in [-0.15, -0.1) is 11.6 Å². The number of hydrogen-bond acceptors (Lipinski definition) is 2. The molecule has 0 saturated carbocycles. The van der Waals surface area contributed by atoms with Gasteiger partial charge in [0.05, 0.1) is 17.1 Å². The molecule has 0 aliphatic rings. The molecule has 0 radical (unpaired) electrons. The maximum atomic E-state index is 13.5. The van der Waals surface area contributed by atoms with Crippen molar-refractivity contribution < 1.29 is 13.3 Å². The van der Waals surface area contributed by atoms with Gasteiger partial charge in [0.1, 0.15) is 11.6 Å². The van der Waals surface area contributed by atoms with Gasteiger partial charge in [0.25, 0.3) is 0 Å². The lowest BCUT2D eigenvalue weighted by molar-refractivity contribution is 0.423. The molecule has 1 aromatic heterocycles. The van der Waals surface area contributed by atoms with Crippen LogP contribution in [0.5, 0.6) is 0 Å². The van der Waals surface area contributed by atoms with Crippen molar-refractivity contribution in [2.75, 3.05) is 0 Å². The minimum atomic E-state index is -0.545. The van der Waals surface area contributed by atoms with Crippen LogP contribution in [0.1, 0.15) is 11.3 Å². The molecule has 0 atom stereocenters. The number of aryl methyl sites for hydroxylation is 1. The van der Waals surface area contributed by atoms with Crippen molar-refractivity contribution in [1.82, 2.24) is 5.16 Å². The first-order valence-corrected chi connectivity index (χ1v) is 5.13. The topological polar surface area (TPSA) is 26.0 Å². The van der Waals surface area contributed by atoms with Gasteiger partial charge in [-0.3, -0.25) is 0 Å². The molecule has 2 nitrogen and oxygen atoms in total. The highest BCUT2D eigenvalue weighted by molar-refractivity contribution is 6.16. The zero-order valence-corrected chi connectivity index (χ0v) is 9.18. The molecule has 84 valence electrons. The SMILES string of the molecule is Cc1cc(F)c(-c2cc(CCl)no2)cc1F. The average Bonchev–Trinajstić information content (AvgIpc) is 2.71. The summed E-state index contributed by atoms with van der Waals surface area (Å²) < 4.78 is 31.7. The third kappa shape index (κ3) is 1.93. The van der Waals surface area contributed by atoms with Gasteiger partial charge in [-0.1, -0.05) is 5.16 Å². The lowest BCUT2D eigenvalue weighted by atomic mass is 10.1. The molecule has 0 spiro atoms. The van der Waals surface area contributed by atoms with E-state index in [0.717, 1.165) is 12.1 Å². The Morgan fingerprint density at radius 1 is 1.25 bits per heavy atom. The number of aromatic nitrogens is 1. The highest BCUT2D eigenvalue weighted by Gasteiger charge is 2.13. The summed E-state index contributed by atoms with van der Waals surface area (Å²) in [5.41, 5.74) is 0.780. The normalized spacial score (nSPS) is 10.8. The van der Waals surface area contributed by atoms with Crippen LogP contribution in [0.4, 0.5) is 8.78 Å². The van der Waals surface area contributed by atoms with Crippen LogP contribution in [0, 0.1) is 18.6 Å². The Morgan fingerprint density at radius 3 is 2.62 bits per heavy atom. The van der Waals surface area contributed by atoms with E-state index in [-0.39, 0.29) is 22.8 Å². The van der Waals surface area contributed by atoms with E-state index in [2.05, 4.69) is 5.16 Å². The summed E-state index contributed by atoms with van der Waals surface area (Å²) >= 11 is 5.53. The second-order valence-corrected chi connectivity index (χ2v) is 3.66. The number of alkyl halides is 1. The number of hydrogen-bond donors (Lipinski definition) is 0. The van der Waals surface area contributed by atoms with Crippen LogP contribution in [0.2, 0.25) is 0 Å². The first kappa shape index (κ1) is 11.1. The lowest BCUT2D eigenvalue weighted by Crippen LogP contribution is -1.89. The van der Waals surface area contributed by atoms with Crippen molar-refractivity contribution >= 4 is 11.6 Å². The van der Waals surface area contributed by atoms with Crippen molar-refractivity contribution in [2.45, 2.75) is 12.8 Å². The Balaban J connectivity index is 2.51. The van der Waals surface area contributed by atoms with Crippen LogP contribution in [0.15, 0.2) is 22.7 Å². The largest absolute Gasteiger partial charge is 0.356 e. The summed E-state index contributed by atoms with van der Waals surface area (Å²) in [6, 6.07) is 3.69. The van der Waals surface area contributed by atoms with Crippen LogP contribution in [-0.4, -0.2) is 5.16 Å². The molecule has 0 amide bonds. The Morgan fingerprint density at radius 2 is 2.00 bits per heavy atom. The maximum absolute atomic E-state index is 13.5. The van der Waals surface area contributed by atoms with Gasteiger partial charge in [-0.05, 0) is 24.6 Å². The van der Waals surface area contributed by atoms with E-state index in [0.29, 0.717) is 5.69 Å². The van der Waals surface area contributed by atoms with Crippen molar-refractivity contribution in [2.24, 2.45) is 0 Å². The van der Waals surface area contributed by atoms with Crippen LogP contribution in [-0.2, 0) is 5.88 Å². The fraction of sp³-hybridized carbons (Fsp3) is 0.182. The second kappa shape index (κ2) is 4.22. The molecule has 0 fully saturated rings. The number of rotatable bonds is 2. The highest BCUT2D eigenvalue weighted by Crippen LogP contribution is 2.26. The van der Waals surface area contributed by atoms with E-state index >= 15 is 0 Å². The van der Waals surface area contributed by atoms with Gasteiger partial charge < -0.3 is 4.52 Å². The zero-order valence-electron chi connectivity index (χ0n) is 8.43. The van der Waals surface area contributed by atoms with Gasteiger partial charge in [0.15, 0.2) is 5.76 Å². The Labute approximate surface area is 95.8 Å².